The van der Waals surface area contributed by atoms with Crippen molar-refractivity contribution in [1.82, 2.24) is 14.5 Å². The fourth-order valence-electron chi connectivity index (χ4n) is 4.23. The number of aryl methyl sites for hydroxylation is 3. The molecule has 0 fully saturated rings. The van der Waals surface area contributed by atoms with Crippen LogP contribution in [0.1, 0.15) is 50.1 Å². The van der Waals surface area contributed by atoms with Gasteiger partial charge in [-0.15, -0.1) is 0 Å². The monoisotopic (exact) mass is 413 g/mol. The first-order chi connectivity index (χ1) is 15.0. The van der Waals surface area contributed by atoms with E-state index in [1.165, 1.54) is 16.7 Å². The van der Waals surface area contributed by atoms with Crippen molar-refractivity contribution >= 4 is 11.0 Å². The van der Waals surface area contributed by atoms with Crippen LogP contribution in [0.5, 0.6) is 5.75 Å². The van der Waals surface area contributed by atoms with Crippen molar-refractivity contribution in [2.45, 2.75) is 60.1 Å². The molecule has 0 saturated carbocycles. The van der Waals surface area contributed by atoms with E-state index in [1.54, 1.807) is 0 Å². The Kier molecular flexibility index (Phi) is 6.08. The zero-order valence-electron chi connectivity index (χ0n) is 19.1. The van der Waals surface area contributed by atoms with Crippen molar-refractivity contribution < 1.29 is 4.74 Å². The Morgan fingerprint density at radius 1 is 0.968 bits per heavy atom. The second-order valence-electron chi connectivity index (χ2n) is 8.26. The summed E-state index contributed by atoms with van der Waals surface area (Å²) in [5, 5.41) is 0. The highest BCUT2D eigenvalue weighted by Crippen LogP contribution is 2.34. The lowest BCUT2D eigenvalue weighted by atomic mass is 9.94. The summed E-state index contributed by atoms with van der Waals surface area (Å²) in [6.07, 6.45) is 3.94. The van der Waals surface area contributed by atoms with Crippen molar-refractivity contribution in [3.63, 3.8) is 0 Å². The molecule has 2 aromatic heterocycles. The van der Waals surface area contributed by atoms with Crippen LogP contribution in [0.4, 0.5) is 0 Å². The average molecular weight is 414 g/mol. The molecule has 4 rings (SSSR count). The lowest BCUT2D eigenvalue weighted by Crippen LogP contribution is -2.12. The zero-order valence-corrected chi connectivity index (χ0v) is 19.1. The highest BCUT2D eigenvalue weighted by atomic mass is 16.5. The molecule has 160 valence electrons. The van der Waals surface area contributed by atoms with Crippen LogP contribution in [0.25, 0.3) is 22.3 Å². The number of ether oxygens (including phenoxy) is 1. The molecule has 0 radical (unpaired) electrons. The number of para-hydroxylation sites is 2. The van der Waals surface area contributed by atoms with E-state index >= 15 is 0 Å². The molecule has 0 saturated heterocycles. The van der Waals surface area contributed by atoms with Gasteiger partial charge in [0.15, 0.2) is 0 Å². The third-order valence-electron chi connectivity index (χ3n) is 5.76. The largest absolute Gasteiger partial charge is 0.491 e. The van der Waals surface area contributed by atoms with Gasteiger partial charge in [-0.1, -0.05) is 44.2 Å². The SMILES string of the molecule is CCc1cccc(CC)c1-c1cc(OC(C)C)c(Cn2cnc3ccccc32)c(C)n1. The van der Waals surface area contributed by atoms with Gasteiger partial charge in [-0.3, -0.25) is 4.98 Å². The van der Waals surface area contributed by atoms with E-state index in [-0.39, 0.29) is 6.10 Å². The molecule has 4 heteroatoms. The summed E-state index contributed by atoms with van der Waals surface area (Å²) >= 11 is 0. The van der Waals surface area contributed by atoms with Crippen LogP contribution >= 0.6 is 0 Å². The van der Waals surface area contributed by atoms with Crippen LogP contribution in [0, 0.1) is 6.92 Å². The van der Waals surface area contributed by atoms with E-state index in [1.807, 2.05) is 24.5 Å². The minimum absolute atomic E-state index is 0.0833. The Morgan fingerprint density at radius 2 is 1.68 bits per heavy atom. The molecule has 0 aliphatic rings. The average Bonchev–Trinajstić information content (AvgIpc) is 3.17. The number of hydrogen-bond donors (Lipinski definition) is 0. The summed E-state index contributed by atoms with van der Waals surface area (Å²) in [7, 11) is 0. The minimum atomic E-state index is 0.0833. The normalized spacial score (nSPS) is 11.4. The standard InChI is InChI=1S/C27H31N3O/c1-6-20-11-10-12-21(7-2)27(20)24-15-26(31-18(3)4)22(19(5)29-24)16-30-17-28-23-13-8-9-14-25(23)30/h8-15,17-18H,6-7,16H2,1-5H3. The number of nitrogens with zero attached hydrogens (tertiary/aromatic N) is 3. The van der Waals surface area contributed by atoms with Crippen LogP contribution in [-0.2, 0) is 19.4 Å². The summed E-state index contributed by atoms with van der Waals surface area (Å²) in [4.78, 5) is 9.62. The van der Waals surface area contributed by atoms with E-state index in [2.05, 4.69) is 74.5 Å². The zero-order chi connectivity index (χ0) is 22.0. The number of hydrogen-bond acceptors (Lipinski definition) is 3. The molecule has 0 bridgehead atoms. The van der Waals surface area contributed by atoms with Crippen molar-refractivity contribution in [3.8, 4) is 17.0 Å². The number of aromatic nitrogens is 3. The summed E-state index contributed by atoms with van der Waals surface area (Å²) in [5.74, 6) is 0.906. The van der Waals surface area contributed by atoms with Gasteiger partial charge in [-0.2, -0.15) is 0 Å². The fourth-order valence-corrected chi connectivity index (χ4v) is 4.23. The topological polar surface area (TPSA) is 39.9 Å². The van der Waals surface area contributed by atoms with E-state index < -0.39 is 0 Å². The molecule has 4 nitrogen and oxygen atoms in total. The molecule has 0 aliphatic heterocycles. The van der Waals surface area contributed by atoms with E-state index in [0.29, 0.717) is 6.54 Å². The first kappa shape index (κ1) is 21.1. The van der Waals surface area contributed by atoms with Gasteiger partial charge in [-0.05, 0) is 56.9 Å². The first-order valence-corrected chi connectivity index (χ1v) is 11.2. The predicted octanol–water partition coefficient (Wildman–Crippen LogP) is 6.37. The minimum Gasteiger partial charge on any atom is -0.491 e. The molecule has 0 amide bonds. The molecular weight excluding hydrogens is 382 g/mol. The summed E-state index contributed by atoms with van der Waals surface area (Å²) in [5.41, 5.74) is 9.13. The molecule has 31 heavy (non-hydrogen) atoms. The fraction of sp³-hybridized carbons (Fsp3) is 0.333. The molecule has 4 aromatic rings. The molecule has 2 aromatic carbocycles. The highest BCUT2D eigenvalue weighted by Gasteiger charge is 2.18. The Hall–Kier alpha value is -3.14. The third kappa shape index (κ3) is 4.20. The van der Waals surface area contributed by atoms with Crippen molar-refractivity contribution in [2.24, 2.45) is 0 Å². The quantitative estimate of drug-likeness (QED) is 0.353. The second kappa shape index (κ2) is 8.93. The van der Waals surface area contributed by atoms with E-state index in [9.17, 15) is 0 Å². The Morgan fingerprint density at radius 3 is 2.35 bits per heavy atom. The van der Waals surface area contributed by atoms with Crippen LogP contribution in [0.3, 0.4) is 0 Å². The van der Waals surface area contributed by atoms with Crippen LogP contribution in [0.2, 0.25) is 0 Å². The summed E-state index contributed by atoms with van der Waals surface area (Å²) in [6, 6.07) is 16.9. The Balaban J connectivity index is 1.85. The van der Waals surface area contributed by atoms with Gasteiger partial charge in [0.2, 0.25) is 0 Å². The van der Waals surface area contributed by atoms with Crippen LogP contribution in [-0.4, -0.2) is 20.6 Å². The maximum absolute atomic E-state index is 6.32. The number of fused-ring (bicyclic) bond motifs is 1. The van der Waals surface area contributed by atoms with Crippen LogP contribution in [0.15, 0.2) is 54.9 Å². The summed E-state index contributed by atoms with van der Waals surface area (Å²) in [6.45, 7) is 11.3. The lowest BCUT2D eigenvalue weighted by molar-refractivity contribution is 0.239. The van der Waals surface area contributed by atoms with Crippen LogP contribution < -0.4 is 4.74 Å². The Labute approximate surface area is 184 Å². The smallest absolute Gasteiger partial charge is 0.128 e. The van der Waals surface area contributed by atoms with E-state index in [0.717, 1.165) is 46.6 Å². The lowest BCUT2D eigenvalue weighted by Gasteiger charge is -2.20. The molecule has 2 heterocycles. The predicted molar refractivity (Wildman–Crippen MR) is 128 cm³/mol. The number of imidazole rings is 1. The van der Waals surface area contributed by atoms with Gasteiger partial charge in [0, 0.05) is 22.9 Å². The van der Waals surface area contributed by atoms with Gasteiger partial charge in [0.05, 0.1) is 35.7 Å². The Bertz CT molecular complexity index is 1180. The van der Waals surface area contributed by atoms with Gasteiger partial charge in [0.25, 0.3) is 0 Å². The number of benzene rings is 2. The molecule has 0 unspecified atom stereocenters. The molecule has 0 spiro atoms. The second-order valence-corrected chi connectivity index (χ2v) is 8.26. The summed E-state index contributed by atoms with van der Waals surface area (Å²) < 4.78 is 8.49. The van der Waals surface area contributed by atoms with Gasteiger partial charge >= 0.3 is 0 Å². The third-order valence-corrected chi connectivity index (χ3v) is 5.76. The van der Waals surface area contributed by atoms with Crippen molar-refractivity contribution in [1.29, 1.82) is 0 Å². The maximum Gasteiger partial charge on any atom is 0.128 e. The van der Waals surface area contributed by atoms with Crippen molar-refractivity contribution in [3.05, 3.63) is 77.2 Å². The molecule has 0 aliphatic carbocycles. The molecular formula is C27H31N3O. The van der Waals surface area contributed by atoms with Gasteiger partial charge in [0.1, 0.15) is 5.75 Å². The molecule has 0 N–H and O–H groups in total. The van der Waals surface area contributed by atoms with Gasteiger partial charge in [-0.25, -0.2) is 4.98 Å². The first-order valence-electron chi connectivity index (χ1n) is 11.2. The highest BCUT2D eigenvalue weighted by molar-refractivity contribution is 5.75. The van der Waals surface area contributed by atoms with Gasteiger partial charge < -0.3 is 9.30 Å². The molecule has 0 atom stereocenters. The number of rotatable bonds is 7. The van der Waals surface area contributed by atoms with E-state index in [4.69, 9.17) is 9.72 Å². The van der Waals surface area contributed by atoms with Crippen molar-refractivity contribution in [2.75, 3.05) is 0 Å². The number of pyridine rings is 1. The maximum atomic E-state index is 6.32.